The Labute approximate surface area is 171 Å². The molecule has 1 N–H and O–H groups in total. The highest BCUT2D eigenvalue weighted by Crippen LogP contribution is 2.24. The monoisotopic (exact) mass is 406 g/mol. The molecular weight excluding hydrogens is 387 g/mol. The van der Waals surface area contributed by atoms with Crippen molar-refractivity contribution in [2.45, 2.75) is 19.8 Å². The normalized spacial score (nSPS) is 11.0. The Kier molecular flexibility index (Phi) is 5.38. The van der Waals surface area contributed by atoms with Crippen molar-refractivity contribution in [3.8, 4) is 28.6 Å². The summed E-state index contributed by atoms with van der Waals surface area (Å²) in [5.74, 6) is -0.271. The van der Waals surface area contributed by atoms with E-state index in [0.29, 0.717) is 36.5 Å². The van der Waals surface area contributed by atoms with E-state index >= 15 is 0 Å². The lowest BCUT2D eigenvalue weighted by Crippen LogP contribution is -2.00. The third-order valence-corrected chi connectivity index (χ3v) is 4.55. The number of ether oxygens (including phenoxy) is 1. The molecule has 0 aliphatic rings. The Balaban J connectivity index is 1.52. The molecule has 2 aromatic heterocycles. The lowest BCUT2D eigenvalue weighted by Gasteiger charge is -2.07. The van der Waals surface area contributed by atoms with Crippen molar-refractivity contribution in [3.63, 3.8) is 0 Å². The number of hydrogen-bond donors (Lipinski definition) is 1. The summed E-state index contributed by atoms with van der Waals surface area (Å²) in [4.78, 5) is 15.6. The SMILES string of the molecule is CC(=O)CCCOc1ccc2nc(-c3cn(-c4ccc(O)c(F)c4)nn3)ccc2c1. The zero-order chi connectivity index (χ0) is 21.1. The molecule has 2 heterocycles. The van der Waals surface area contributed by atoms with Gasteiger partial charge in [-0.15, -0.1) is 5.10 Å². The molecule has 30 heavy (non-hydrogen) atoms. The number of benzene rings is 2. The number of ketones is 1. The number of aromatic hydroxyl groups is 1. The standard InChI is InChI=1S/C22H19FN4O3/c1-14(28)3-2-10-30-17-6-8-19-15(11-17)4-7-20(24-19)21-13-27(26-25-21)16-5-9-22(29)18(23)12-16/h4-9,11-13,29H,2-3,10H2,1H3. The number of aromatic nitrogens is 4. The maximum Gasteiger partial charge on any atom is 0.166 e. The first-order valence-electron chi connectivity index (χ1n) is 9.44. The van der Waals surface area contributed by atoms with Crippen LogP contribution in [0.4, 0.5) is 4.39 Å². The number of phenolic OH excluding ortho intramolecular Hbond substituents is 1. The molecule has 0 amide bonds. The van der Waals surface area contributed by atoms with Crippen LogP contribution in [0.1, 0.15) is 19.8 Å². The number of phenols is 1. The number of carbonyl (C=O) groups excluding carboxylic acids is 1. The predicted molar refractivity (Wildman–Crippen MR) is 109 cm³/mol. The molecule has 4 aromatic rings. The summed E-state index contributed by atoms with van der Waals surface area (Å²) in [7, 11) is 0. The van der Waals surface area contributed by atoms with Gasteiger partial charge in [-0.25, -0.2) is 14.1 Å². The zero-order valence-electron chi connectivity index (χ0n) is 16.2. The highest BCUT2D eigenvalue weighted by molar-refractivity contribution is 5.82. The first-order valence-corrected chi connectivity index (χ1v) is 9.44. The lowest BCUT2D eigenvalue weighted by atomic mass is 10.1. The van der Waals surface area contributed by atoms with Crippen LogP contribution in [0.2, 0.25) is 0 Å². The van der Waals surface area contributed by atoms with Crippen molar-refractivity contribution in [3.05, 3.63) is 60.5 Å². The molecule has 0 radical (unpaired) electrons. The van der Waals surface area contributed by atoms with Crippen LogP contribution in [0.15, 0.2) is 54.7 Å². The maximum absolute atomic E-state index is 13.6. The minimum absolute atomic E-state index is 0.154. The Morgan fingerprint density at radius 2 is 2.00 bits per heavy atom. The van der Waals surface area contributed by atoms with Crippen molar-refractivity contribution in [1.82, 2.24) is 20.0 Å². The molecule has 0 fully saturated rings. The highest BCUT2D eigenvalue weighted by atomic mass is 19.1. The summed E-state index contributed by atoms with van der Waals surface area (Å²) >= 11 is 0. The minimum atomic E-state index is -0.729. The molecule has 0 aliphatic carbocycles. The smallest absolute Gasteiger partial charge is 0.166 e. The largest absolute Gasteiger partial charge is 0.505 e. The van der Waals surface area contributed by atoms with Gasteiger partial charge in [0.15, 0.2) is 11.6 Å². The summed E-state index contributed by atoms with van der Waals surface area (Å²) in [6.45, 7) is 2.05. The lowest BCUT2D eigenvalue weighted by molar-refractivity contribution is -0.117. The first-order chi connectivity index (χ1) is 14.5. The van der Waals surface area contributed by atoms with Crippen LogP contribution in [0.5, 0.6) is 11.5 Å². The predicted octanol–water partition coefficient (Wildman–Crippen LogP) is 4.08. The van der Waals surface area contributed by atoms with E-state index < -0.39 is 11.6 Å². The van der Waals surface area contributed by atoms with Gasteiger partial charge in [0.25, 0.3) is 0 Å². The highest BCUT2D eigenvalue weighted by Gasteiger charge is 2.10. The molecule has 0 saturated heterocycles. The van der Waals surface area contributed by atoms with Crippen molar-refractivity contribution in [2.24, 2.45) is 0 Å². The maximum atomic E-state index is 13.6. The van der Waals surface area contributed by atoms with Gasteiger partial charge in [0, 0.05) is 17.9 Å². The molecule has 152 valence electrons. The molecule has 8 heteroatoms. The fourth-order valence-electron chi connectivity index (χ4n) is 2.99. The van der Waals surface area contributed by atoms with Gasteiger partial charge in [0.05, 0.1) is 29.7 Å². The molecule has 0 atom stereocenters. The van der Waals surface area contributed by atoms with Gasteiger partial charge in [-0.3, -0.25) is 0 Å². The number of nitrogens with zero attached hydrogens (tertiary/aromatic N) is 4. The summed E-state index contributed by atoms with van der Waals surface area (Å²) in [5.41, 5.74) is 2.38. The molecular formula is C22H19FN4O3. The quantitative estimate of drug-likeness (QED) is 0.465. The Morgan fingerprint density at radius 3 is 2.80 bits per heavy atom. The van der Waals surface area contributed by atoms with Crippen LogP contribution in [0.25, 0.3) is 28.0 Å². The van der Waals surface area contributed by atoms with Crippen molar-refractivity contribution >= 4 is 16.7 Å². The second-order valence-electron chi connectivity index (χ2n) is 6.89. The average Bonchev–Trinajstić information content (AvgIpc) is 3.23. The summed E-state index contributed by atoms with van der Waals surface area (Å²) in [5, 5.41) is 18.4. The van der Waals surface area contributed by atoms with Crippen LogP contribution in [0, 0.1) is 5.82 Å². The molecule has 2 aromatic carbocycles. The van der Waals surface area contributed by atoms with Crippen LogP contribution < -0.4 is 4.74 Å². The van der Waals surface area contributed by atoms with E-state index in [1.807, 2.05) is 30.3 Å². The average molecular weight is 406 g/mol. The van der Waals surface area contributed by atoms with E-state index in [0.717, 1.165) is 16.7 Å². The first kappa shape index (κ1) is 19.5. The topological polar surface area (TPSA) is 90.1 Å². The van der Waals surface area contributed by atoms with Crippen LogP contribution in [-0.4, -0.2) is 37.5 Å². The fraction of sp³-hybridized carbons (Fsp3) is 0.182. The van der Waals surface area contributed by atoms with Gasteiger partial charge in [-0.1, -0.05) is 11.3 Å². The van der Waals surface area contributed by atoms with Gasteiger partial charge in [0.2, 0.25) is 0 Å². The number of Topliss-reactive ketones (excluding diaryl/α,β-unsaturated/α-hetero) is 1. The van der Waals surface area contributed by atoms with Crippen LogP contribution in [0.3, 0.4) is 0 Å². The number of halogens is 1. The Morgan fingerprint density at radius 1 is 1.13 bits per heavy atom. The van der Waals surface area contributed by atoms with E-state index in [9.17, 15) is 14.3 Å². The number of carbonyl (C=O) groups is 1. The molecule has 0 bridgehead atoms. The van der Waals surface area contributed by atoms with Gasteiger partial charge in [-0.2, -0.15) is 0 Å². The Bertz CT molecular complexity index is 1220. The van der Waals surface area contributed by atoms with E-state index in [4.69, 9.17) is 4.74 Å². The van der Waals surface area contributed by atoms with Crippen LogP contribution in [-0.2, 0) is 4.79 Å². The molecule has 0 spiro atoms. The van der Waals surface area contributed by atoms with E-state index in [2.05, 4.69) is 15.3 Å². The van der Waals surface area contributed by atoms with E-state index in [1.165, 1.54) is 16.8 Å². The van der Waals surface area contributed by atoms with Gasteiger partial charge in [-0.05, 0) is 49.7 Å². The summed E-state index contributed by atoms with van der Waals surface area (Å²) < 4.78 is 20.7. The van der Waals surface area contributed by atoms with Crippen molar-refractivity contribution in [2.75, 3.05) is 6.61 Å². The number of fused-ring (bicyclic) bond motifs is 1. The van der Waals surface area contributed by atoms with E-state index in [1.54, 1.807) is 19.2 Å². The van der Waals surface area contributed by atoms with Gasteiger partial charge < -0.3 is 14.6 Å². The summed E-state index contributed by atoms with van der Waals surface area (Å²) in [6, 6.07) is 13.3. The second-order valence-corrected chi connectivity index (χ2v) is 6.89. The second kappa shape index (κ2) is 8.28. The third-order valence-electron chi connectivity index (χ3n) is 4.55. The van der Waals surface area contributed by atoms with Gasteiger partial charge >= 0.3 is 0 Å². The number of pyridine rings is 1. The third kappa shape index (κ3) is 4.27. The minimum Gasteiger partial charge on any atom is -0.505 e. The Hall–Kier alpha value is -3.81. The number of rotatable bonds is 7. The zero-order valence-corrected chi connectivity index (χ0v) is 16.2. The molecule has 0 unspecified atom stereocenters. The van der Waals surface area contributed by atoms with E-state index in [-0.39, 0.29) is 5.78 Å². The van der Waals surface area contributed by atoms with Gasteiger partial charge in [0.1, 0.15) is 17.2 Å². The molecule has 0 saturated carbocycles. The number of hydrogen-bond acceptors (Lipinski definition) is 6. The molecule has 4 rings (SSSR count). The van der Waals surface area contributed by atoms with Crippen molar-refractivity contribution in [1.29, 1.82) is 0 Å². The molecule has 0 aliphatic heterocycles. The van der Waals surface area contributed by atoms with Crippen molar-refractivity contribution < 1.29 is 19.0 Å². The fourth-order valence-corrected chi connectivity index (χ4v) is 2.99. The summed E-state index contributed by atoms with van der Waals surface area (Å²) in [6.07, 6.45) is 2.84. The van der Waals surface area contributed by atoms with Crippen LogP contribution >= 0.6 is 0 Å². The molecule has 7 nitrogen and oxygen atoms in total.